The number of hydrogen-bond acceptors (Lipinski definition) is 9. The number of nitrogens with zero attached hydrogens (tertiary/aromatic N) is 4. The highest BCUT2D eigenvalue weighted by molar-refractivity contribution is 8.01. The molecule has 11 heteroatoms. The zero-order valence-corrected chi connectivity index (χ0v) is 25.5. The van der Waals surface area contributed by atoms with E-state index in [2.05, 4.69) is 28.5 Å². The number of hydrogen-bond donors (Lipinski definition) is 2. The zero-order chi connectivity index (χ0) is 30.2. The number of nitriles is 1. The Hall–Kier alpha value is -4.01. The molecule has 1 aromatic heterocycles. The molecule has 42 heavy (non-hydrogen) atoms. The molecule has 0 radical (unpaired) electrons. The van der Waals surface area contributed by atoms with Crippen LogP contribution in [0.1, 0.15) is 56.2 Å². The highest BCUT2D eigenvalue weighted by Gasteiger charge is 2.45. The summed E-state index contributed by atoms with van der Waals surface area (Å²) in [5, 5.41) is 22.1. The summed E-state index contributed by atoms with van der Waals surface area (Å²) in [7, 11) is 0. The molecular weight excluding hydrogens is 572 g/mol. The van der Waals surface area contributed by atoms with Crippen LogP contribution in [-0.4, -0.2) is 27.6 Å². The third kappa shape index (κ3) is 5.82. The number of carbonyl (C=O) groups excluding carboxylic acids is 2. The lowest BCUT2D eigenvalue weighted by molar-refractivity contribution is -0.118. The number of ketones is 1. The number of Topliss-reactive ketones (excluding diaryl/α,β-unsaturated/α-hetero) is 1. The Morgan fingerprint density at radius 3 is 2.67 bits per heavy atom. The predicted molar refractivity (Wildman–Crippen MR) is 163 cm³/mol. The molecule has 8 nitrogen and oxygen atoms in total. The summed E-state index contributed by atoms with van der Waals surface area (Å²) < 4.78 is 14.1. The summed E-state index contributed by atoms with van der Waals surface area (Å²) in [6.45, 7) is 7.94. The molecule has 2 aromatic carbocycles. The number of allylic oxidation sites excluding steroid dienone is 3. The molecule has 0 bridgehead atoms. The van der Waals surface area contributed by atoms with Crippen LogP contribution in [0.2, 0.25) is 0 Å². The Balaban J connectivity index is 1.46. The van der Waals surface area contributed by atoms with Gasteiger partial charge < -0.3 is 11.1 Å². The average molecular weight is 603 g/mol. The number of anilines is 2. The van der Waals surface area contributed by atoms with Gasteiger partial charge in [-0.3, -0.25) is 14.5 Å². The van der Waals surface area contributed by atoms with Gasteiger partial charge in [-0.1, -0.05) is 74.2 Å². The smallest absolute Gasteiger partial charge is 0.234 e. The number of benzene rings is 2. The van der Waals surface area contributed by atoms with Crippen LogP contribution in [0.15, 0.2) is 69.5 Å². The van der Waals surface area contributed by atoms with Crippen molar-refractivity contribution in [2.75, 3.05) is 16.0 Å². The number of halogens is 1. The van der Waals surface area contributed by atoms with Gasteiger partial charge in [0.15, 0.2) is 10.1 Å². The average Bonchev–Trinajstić information content (AvgIpc) is 3.41. The first kappa shape index (κ1) is 29.5. The monoisotopic (exact) mass is 602 g/mol. The van der Waals surface area contributed by atoms with Crippen molar-refractivity contribution in [2.45, 2.75) is 57.2 Å². The molecule has 0 fully saturated rings. The fourth-order valence-corrected chi connectivity index (χ4v) is 7.08. The van der Waals surface area contributed by atoms with Crippen molar-refractivity contribution < 1.29 is 14.0 Å². The van der Waals surface area contributed by atoms with Crippen molar-refractivity contribution in [3.8, 4) is 6.07 Å². The molecule has 2 aliphatic rings. The van der Waals surface area contributed by atoms with Crippen LogP contribution >= 0.6 is 23.1 Å². The molecule has 2 heterocycles. The quantitative estimate of drug-likeness (QED) is 0.306. The topological polar surface area (TPSA) is 125 Å². The van der Waals surface area contributed by atoms with E-state index in [1.165, 1.54) is 35.2 Å². The summed E-state index contributed by atoms with van der Waals surface area (Å²) in [4.78, 5) is 28.0. The molecule has 1 unspecified atom stereocenters. The van der Waals surface area contributed by atoms with Gasteiger partial charge in [0.2, 0.25) is 11.0 Å². The fourth-order valence-electron chi connectivity index (χ4n) is 5.40. The van der Waals surface area contributed by atoms with Crippen molar-refractivity contribution in [2.24, 2.45) is 11.1 Å². The van der Waals surface area contributed by atoms with Gasteiger partial charge in [-0.2, -0.15) is 5.26 Å². The van der Waals surface area contributed by atoms with Gasteiger partial charge >= 0.3 is 0 Å². The van der Waals surface area contributed by atoms with Gasteiger partial charge in [0.1, 0.15) is 11.6 Å². The first-order valence-electron chi connectivity index (χ1n) is 13.6. The van der Waals surface area contributed by atoms with Crippen molar-refractivity contribution in [1.82, 2.24) is 10.2 Å². The maximum absolute atomic E-state index is 13.7. The van der Waals surface area contributed by atoms with E-state index in [9.17, 15) is 19.2 Å². The van der Waals surface area contributed by atoms with Crippen LogP contribution in [0, 0.1) is 29.5 Å². The highest BCUT2D eigenvalue weighted by atomic mass is 32.2. The molecule has 0 saturated heterocycles. The number of nitrogens with two attached hydrogens (primary N) is 1. The van der Waals surface area contributed by atoms with Crippen molar-refractivity contribution in [3.63, 3.8) is 0 Å². The number of thioether (sulfide) groups is 1. The van der Waals surface area contributed by atoms with E-state index in [0.29, 0.717) is 39.1 Å². The fraction of sp³-hybridized carbons (Fsp3) is 0.323. The van der Waals surface area contributed by atoms with Crippen LogP contribution in [0.5, 0.6) is 0 Å². The Labute approximate surface area is 252 Å². The number of nitrogens with one attached hydrogen (secondary N) is 1. The summed E-state index contributed by atoms with van der Waals surface area (Å²) in [6.07, 6.45) is 1.81. The van der Waals surface area contributed by atoms with Crippen LogP contribution in [0.3, 0.4) is 0 Å². The van der Waals surface area contributed by atoms with E-state index in [1.807, 2.05) is 38.1 Å². The summed E-state index contributed by atoms with van der Waals surface area (Å²) in [6, 6.07) is 14.5. The van der Waals surface area contributed by atoms with E-state index < -0.39 is 11.7 Å². The molecule has 1 amide bonds. The van der Waals surface area contributed by atoms with E-state index >= 15 is 0 Å². The molecule has 1 aliphatic heterocycles. The SMILES string of the molecule is CCc1ccc(C2C(C#N)=C(N)N(c3nnc(SCC(=O)Nc4cc(F)ccc4C)s3)C3=C2C(=O)CC(C)(C)C3)cc1. The molecule has 216 valence electrons. The number of amides is 1. The molecule has 3 N–H and O–H groups in total. The number of carbonyl (C=O) groups is 2. The van der Waals surface area contributed by atoms with Crippen LogP contribution in [0.25, 0.3) is 0 Å². The van der Waals surface area contributed by atoms with Crippen LogP contribution in [0.4, 0.5) is 15.2 Å². The number of aryl methyl sites for hydroxylation is 2. The third-order valence-electron chi connectivity index (χ3n) is 7.49. The normalized spacial score (nSPS) is 18.1. The molecule has 3 aromatic rings. The Morgan fingerprint density at radius 1 is 1.24 bits per heavy atom. The highest BCUT2D eigenvalue weighted by Crippen LogP contribution is 2.50. The summed E-state index contributed by atoms with van der Waals surface area (Å²) in [5.41, 5.74) is 11.2. The van der Waals surface area contributed by atoms with Gasteiger partial charge in [0, 0.05) is 23.4 Å². The maximum atomic E-state index is 13.7. The van der Waals surface area contributed by atoms with E-state index in [-0.39, 0.29) is 28.7 Å². The first-order chi connectivity index (χ1) is 20.0. The standard InChI is InChI=1S/C31H31FN6O2S2/c1-5-18-7-9-19(10-8-18)26-21(15-33)28(34)38(23-13-31(3,4)14-24(39)27(23)26)29-36-37-30(42-29)41-16-25(40)35-22-12-20(32)11-6-17(22)2/h6-12,26H,5,13-14,16,34H2,1-4H3,(H,35,40). The Bertz CT molecular complexity index is 1670. The summed E-state index contributed by atoms with van der Waals surface area (Å²) in [5.74, 6) is -1.06. The molecule has 0 spiro atoms. The second-order valence-electron chi connectivity index (χ2n) is 11.2. The second kappa shape index (κ2) is 11.7. The van der Waals surface area contributed by atoms with Gasteiger partial charge in [-0.05, 0) is 54.0 Å². The largest absolute Gasteiger partial charge is 0.384 e. The number of rotatable bonds is 7. The molecule has 0 saturated carbocycles. The minimum absolute atomic E-state index is 0.0144. The van der Waals surface area contributed by atoms with Gasteiger partial charge in [-0.15, -0.1) is 10.2 Å². The van der Waals surface area contributed by atoms with Gasteiger partial charge in [0.25, 0.3) is 0 Å². The number of aromatic nitrogens is 2. The minimum Gasteiger partial charge on any atom is -0.384 e. The second-order valence-corrected chi connectivity index (χ2v) is 13.4. The molecular formula is C31H31FN6O2S2. The molecule has 5 rings (SSSR count). The lowest BCUT2D eigenvalue weighted by Gasteiger charge is -2.42. The zero-order valence-electron chi connectivity index (χ0n) is 23.8. The Morgan fingerprint density at radius 2 is 1.98 bits per heavy atom. The van der Waals surface area contributed by atoms with Gasteiger partial charge in [0.05, 0.1) is 23.3 Å². The van der Waals surface area contributed by atoms with E-state index in [4.69, 9.17) is 5.73 Å². The van der Waals surface area contributed by atoms with Crippen molar-refractivity contribution in [1.29, 1.82) is 5.26 Å². The third-order valence-corrected chi connectivity index (χ3v) is 9.53. The maximum Gasteiger partial charge on any atom is 0.234 e. The predicted octanol–water partition coefficient (Wildman–Crippen LogP) is 6.22. The van der Waals surface area contributed by atoms with Crippen molar-refractivity contribution in [3.05, 3.63) is 87.6 Å². The molecule has 1 atom stereocenters. The Kier molecular flexibility index (Phi) is 8.21. The first-order valence-corrected chi connectivity index (χ1v) is 15.4. The van der Waals surface area contributed by atoms with Gasteiger partial charge in [-0.25, -0.2) is 4.39 Å². The van der Waals surface area contributed by atoms with Crippen molar-refractivity contribution >= 4 is 45.6 Å². The minimum atomic E-state index is -0.563. The van der Waals surface area contributed by atoms with Crippen LogP contribution < -0.4 is 16.0 Å². The molecule has 1 aliphatic carbocycles. The van der Waals surface area contributed by atoms with E-state index in [1.54, 1.807) is 17.9 Å². The summed E-state index contributed by atoms with van der Waals surface area (Å²) >= 11 is 2.41. The lowest BCUT2D eigenvalue weighted by atomic mass is 9.68. The lowest BCUT2D eigenvalue weighted by Crippen LogP contribution is -2.42. The van der Waals surface area contributed by atoms with Crippen LogP contribution in [-0.2, 0) is 16.0 Å². The van der Waals surface area contributed by atoms with E-state index in [0.717, 1.165) is 28.8 Å².